The van der Waals surface area contributed by atoms with Gasteiger partial charge in [0.2, 0.25) is 0 Å². The topological polar surface area (TPSA) is 87.8 Å². The Morgan fingerprint density at radius 1 is 0.951 bits per heavy atom. The van der Waals surface area contributed by atoms with E-state index < -0.39 is 17.7 Å². The zero-order valence-corrected chi connectivity index (χ0v) is 25.1. The predicted octanol–water partition coefficient (Wildman–Crippen LogP) is 7.10. The van der Waals surface area contributed by atoms with Crippen molar-refractivity contribution in [2.45, 2.75) is 59.9 Å². The van der Waals surface area contributed by atoms with Gasteiger partial charge in [-0.15, -0.1) is 0 Å². The first kappa shape index (κ1) is 26.9. The van der Waals surface area contributed by atoms with E-state index >= 15 is 0 Å². The standard InChI is InChI=1S/C33H32N4O3S/c1-17-15-19(3)25-23(16-17)41-32(35-25)37-27(21-10-12-22(13-11-21)33(5,6)7)24(29(39)31(37)40)28(38)26-20(4)36-14-8-9-18(2)30(36)34-26/h8-16,27,38H,1-7H3/b28-24+. The van der Waals surface area contributed by atoms with Crippen molar-refractivity contribution in [3.63, 3.8) is 0 Å². The summed E-state index contributed by atoms with van der Waals surface area (Å²) in [6.07, 6.45) is 1.87. The number of imidazole rings is 1. The highest BCUT2D eigenvalue weighted by Gasteiger charge is 2.48. The summed E-state index contributed by atoms with van der Waals surface area (Å²) in [6, 6.07) is 15.0. The molecule has 1 atom stereocenters. The maximum atomic E-state index is 13.8. The van der Waals surface area contributed by atoms with E-state index in [9.17, 15) is 14.7 Å². The van der Waals surface area contributed by atoms with E-state index in [1.807, 2.05) is 80.8 Å². The molecule has 3 aromatic heterocycles. The van der Waals surface area contributed by atoms with Crippen LogP contribution in [0.1, 0.15) is 66.0 Å². The minimum absolute atomic E-state index is 0.00910. The number of hydrogen-bond acceptors (Lipinski definition) is 6. The van der Waals surface area contributed by atoms with Crippen molar-refractivity contribution in [2.24, 2.45) is 0 Å². The van der Waals surface area contributed by atoms with Crippen LogP contribution in [0.3, 0.4) is 0 Å². The molecular weight excluding hydrogens is 532 g/mol. The van der Waals surface area contributed by atoms with Crippen LogP contribution in [-0.4, -0.2) is 31.2 Å². The molecule has 41 heavy (non-hydrogen) atoms. The van der Waals surface area contributed by atoms with E-state index in [1.165, 1.54) is 16.2 Å². The van der Waals surface area contributed by atoms with Gasteiger partial charge in [0.1, 0.15) is 11.3 Å². The molecule has 7 nitrogen and oxygen atoms in total. The number of carbonyl (C=O) groups is 2. The predicted molar refractivity (Wildman–Crippen MR) is 164 cm³/mol. The highest BCUT2D eigenvalue weighted by Crippen LogP contribution is 2.45. The molecule has 0 aliphatic carbocycles. The second kappa shape index (κ2) is 9.38. The molecule has 0 radical (unpaired) electrons. The van der Waals surface area contributed by atoms with Crippen molar-refractivity contribution in [3.05, 3.63) is 99.5 Å². The van der Waals surface area contributed by atoms with E-state index in [4.69, 9.17) is 9.97 Å². The number of carbonyl (C=O) groups excluding carboxylic acids is 2. The van der Waals surface area contributed by atoms with Crippen molar-refractivity contribution >= 4 is 49.8 Å². The molecule has 6 rings (SSSR count). The Kier molecular flexibility index (Phi) is 6.15. The zero-order chi connectivity index (χ0) is 29.4. The molecule has 0 spiro atoms. The van der Waals surface area contributed by atoms with Crippen LogP contribution in [-0.2, 0) is 15.0 Å². The average Bonchev–Trinajstić information content (AvgIpc) is 3.56. The third-order valence-electron chi connectivity index (χ3n) is 7.87. The number of aryl methyl sites for hydroxylation is 4. The number of aliphatic hydroxyl groups excluding tert-OH is 1. The number of pyridine rings is 1. The fourth-order valence-corrected chi connectivity index (χ4v) is 6.82. The first-order chi connectivity index (χ1) is 19.4. The van der Waals surface area contributed by atoms with Gasteiger partial charge in [-0.25, -0.2) is 9.97 Å². The monoisotopic (exact) mass is 564 g/mol. The smallest absolute Gasteiger partial charge is 0.301 e. The van der Waals surface area contributed by atoms with Gasteiger partial charge in [-0.3, -0.25) is 14.5 Å². The third-order valence-corrected chi connectivity index (χ3v) is 8.87. The molecule has 1 fully saturated rings. The number of fused-ring (bicyclic) bond motifs is 2. The summed E-state index contributed by atoms with van der Waals surface area (Å²) in [5.41, 5.74) is 7.24. The van der Waals surface area contributed by atoms with E-state index in [0.29, 0.717) is 22.0 Å². The summed E-state index contributed by atoms with van der Waals surface area (Å²) in [5, 5.41) is 12.2. The number of benzene rings is 2. The molecule has 1 amide bonds. The number of thiazole rings is 1. The Morgan fingerprint density at radius 2 is 1.66 bits per heavy atom. The van der Waals surface area contributed by atoms with Crippen LogP contribution in [0.2, 0.25) is 0 Å². The number of hydrogen-bond donors (Lipinski definition) is 1. The molecular formula is C33H32N4O3S. The highest BCUT2D eigenvalue weighted by atomic mass is 32.1. The van der Waals surface area contributed by atoms with Crippen molar-refractivity contribution in [2.75, 3.05) is 4.90 Å². The number of ketones is 1. The fraction of sp³-hybridized carbons (Fsp3) is 0.273. The van der Waals surface area contributed by atoms with Gasteiger partial charge in [-0.1, -0.05) is 68.5 Å². The maximum Gasteiger partial charge on any atom is 0.301 e. The number of aromatic nitrogens is 3. The van der Waals surface area contributed by atoms with Crippen molar-refractivity contribution in [1.82, 2.24) is 14.4 Å². The summed E-state index contributed by atoms with van der Waals surface area (Å²) in [4.78, 5) is 38.5. The van der Waals surface area contributed by atoms with Gasteiger partial charge in [-0.2, -0.15) is 0 Å². The zero-order valence-electron chi connectivity index (χ0n) is 24.2. The Hall–Kier alpha value is -4.30. The normalized spacial score (nSPS) is 17.3. The molecule has 4 heterocycles. The van der Waals surface area contributed by atoms with Crippen LogP contribution in [0.15, 0.2) is 60.3 Å². The number of amides is 1. The first-order valence-electron chi connectivity index (χ1n) is 13.6. The van der Waals surface area contributed by atoms with Crippen LogP contribution in [0.5, 0.6) is 0 Å². The summed E-state index contributed by atoms with van der Waals surface area (Å²) in [6.45, 7) is 14.2. The SMILES string of the molecule is Cc1cc(C)c2nc(N3C(=O)C(=O)/C(=C(/O)c4nc5c(C)cccn5c4C)C3c3ccc(C(C)(C)C)cc3)sc2c1. The second-order valence-corrected chi connectivity index (χ2v) is 12.9. The highest BCUT2D eigenvalue weighted by molar-refractivity contribution is 7.22. The number of nitrogens with zero attached hydrogens (tertiary/aromatic N) is 4. The summed E-state index contributed by atoms with van der Waals surface area (Å²) >= 11 is 1.37. The summed E-state index contributed by atoms with van der Waals surface area (Å²) in [5.74, 6) is -1.76. The van der Waals surface area contributed by atoms with Gasteiger partial charge in [0, 0.05) is 6.20 Å². The third kappa shape index (κ3) is 4.25. The summed E-state index contributed by atoms with van der Waals surface area (Å²) < 4.78 is 2.82. The number of rotatable bonds is 3. The van der Waals surface area contributed by atoms with Gasteiger partial charge in [0.05, 0.1) is 27.5 Å². The Morgan fingerprint density at radius 3 is 2.32 bits per heavy atom. The lowest BCUT2D eigenvalue weighted by Gasteiger charge is -2.24. The second-order valence-electron chi connectivity index (χ2n) is 11.9. The maximum absolute atomic E-state index is 13.8. The molecule has 8 heteroatoms. The fourth-order valence-electron chi connectivity index (χ4n) is 5.65. The van der Waals surface area contributed by atoms with E-state index in [0.717, 1.165) is 32.5 Å². The van der Waals surface area contributed by atoms with Crippen LogP contribution < -0.4 is 4.90 Å². The molecule has 1 N–H and O–H groups in total. The van der Waals surface area contributed by atoms with Crippen LogP contribution in [0.25, 0.3) is 21.6 Å². The molecule has 0 bridgehead atoms. The van der Waals surface area contributed by atoms with Gasteiger partial charge in [0.25, 0.3) is 5.78 Å². The largest absolute Gasteiger partial charge is 0.505 e. The molecule has 2 aromatic carbocycles. The van der Waals surface area contributed by atoms with Gasteiger partial charge in [-0.05, 0) is 73.1 Å². The first-order valence-corrected chi connectivity index (χ1v) is 14.4. The number of Topliss-reactive ketones (excluding diaryl/α,β-unsaturated/α-hetero) is 1. The van der Waals surface area contributed by atoms with Crippen molar-refractivity contribution in [1.29, 1.82) is 0 Å². The average molecular weight is 565 g/mol. The molecule has 208 valence electrons. The lowest BCUT2D eigenvalue weighted by molar-refractivity contribution is -0.132. The minimum atomic E-state index is -0.865. The molecule has 1 saturated heterocycles. The van der Waals surface area contributed by atoms with Gasteiger partial charge in [0.15, 0.2) is 10.9 Å². The molecule has 1 aliphatic rings. The molecule has 1 unspecified atom stereocenters. The lowest BCUT2D eigenvalue weighted by Crippen LogP contribution is -2.29. The summed E-state index contributed by atoms with van der Waals surface area (Å²) in [7, 11) is 0. The Bertz CT molecular complexity index is 1920. The Labute approximate surface area is 242 Å². The Balaban J connectivity index is 1.60. The number of anilines is 1. The molecule has 1 aliphatic heterocycles. The quantitative estimate of drug-likeness (QED) is 0.143. The van der Waals surface area contributed by atoms with Crippen LogP contribution in [0, 0.1) is 27.7 Å². The van der Waals surface area contributed by atoms with E-state index in [1.54, 1.807) is 0 Å². The van der Waals surface area contributed by atoms with Crippen molar-refractivity contribution in [3.8, 4) is 0 Å². The van der Waals surface area contributed by atoms with E-state index in [-0.39, 0.29) is 22.4 Å². The minimum Gasteiger partial charge on any atom is -0.505 e. The van der Waals surface area contributed by atoms with E-state index in [2.05, 4.69) is 26.8 Å². The van der Waals surface area contributed by atoms with Gasteiger partial charge < -0.3 is 9.51 Å². The molecule has 5 aromatic rings. The van der Waals surface area contributed by atoms with Crippen LogP contribution in [0.4, 0.5) is 5.13 Å². The molecule has 0 saturated carbocycles. The van der Waals surface area contributed by atoms with Crippen LogP contribution >= 0.6 is 11.3 Å². The van der Waals surface area contributed by atoms with Gasteiger partial charge >= 0.3 is 5.91 Å². The van der Waals surface area contributed by atoms with Crippen molar-refractivity contribution < 1.29 is 14.7 Å². The number of aliphatic hydroxyl groups is 1. The lowest BCUT2D eigenvalue weighted by atomic mass is 9.85.